The van der Waals surface area contributed by atoms with E-state index >= 15 is 0 Å². The van der Waals surface area contributed by atoms with Gasteiger partial charge in [-0.2, -0.15) is 0 Å². The van der Waals surface area contributed by atoms with Gasteiger partial charge >= 0.3 is 5.97 Å². The normalized spacial score (nSPS) is 33.3. The lowest BCUT2D eigenvalue weighted by Gasteiger charge is -2.39. The molecule has 40 heavy (non-hydrogen) atoms. The maximum absolute atomic E-state index is 11.4. The maximum Gasteiger partial charge on any atom is 0.308 e. The highest BCUT2D eigenvalue weighted by molar-refractivity contribution is 5.70. The van der Waals surface area contributed by atoms with Gasteiger partial charge in [0.1, 0.15) is 24.4 Å². The van der Waals surface area contributed by atoms with Crippen molar-refractivity contribution in [1.82, 2.24) is 0 Å². The molecule has 3 aliphatic heterocycles. The van der Waals surface area contributed by atoms with E-state index < -0.39 is 43.3 Å². The summed E-state index contributed by atoms with van der Waals surface area (Å²) in [6, 6.07) is 10.6. The van der Waals surface area contributed by atoms with Crippen LogP contribution in [0.25, 0.3) is 0 Å². The minimum atomic E-state index is -1.56. The van der Waals surface area contributed by atoms with Crippen molar-refractivity contribution in [2.45, 2.75) is 49.8 Å². The molecule has 2 aromatic carbocycles. The molecule has 0 radical (unpaired) electrons. The van der Waals surface area contributed by atoms with E-state index in [1.54, 1.807) is 18.2 Å². The Balaban J connectivity index is 1.31. The first-order valence-electron chi connectivity index (χ1n) is 13.0. The molecule has 0 bridgehead atoms. The molecule has 9 atom stereocenters. The van der Waals surface area contributed by atoms with Crippen molar-refractivity contribution >= 4 is 5.97 Å². The average Bonchev–Trinajstić information content (AvgIpc) is 3.56. The number of ether oxygens (including phenoxy) is 7. The number of hydrogen-bond acceptors (Lipinski definition) is 12. The van der Waals surface area contributed by atoms with Crippen LogP contribution in [0, 0.1) is 11.8 Å². The number of hydrogen-bond donors (Lipinski definition) is 4. The third-order valence-electron chi connectivity index (χ3n) is 7.64. The highest BCUT2D eigenvalue weighted by Crippen LogP contribution is 2.51. The molecular formula is C28H34O12. The molecule has 3 fully saturated rings. The zero-order chi connectivity index (χ0) is 28.6. The number of aliphatic hydroxyl groups excluding tert-OH is 4. The number of fused-ring (bicyclic) bond motifs is 1. The molecular weight excluding hydrogens is 528 g/mol. The van der Waals surface area contributed by atoms with E-state index in [0.717, 1.165) is 11.1 Å². The standard InChI is InChI=1S/C28H34O12/c1-13(30)38-18-6-4-14(8-20(18)34-2)26-16-11-37-27(17(16)12-36-26)15-5-7-19(21(9-15)35-3)39-28-25(33)24(32)23(31)22(10-29)40-28/h4-9,16-17,22-29,31-33H,10-12H2,1-3H3/t16-,17-,22+,23+,24-,25+,26+,27+,28+/m0/s1. The van der Waals surface area contributed by atoms with E-state index in [-0.39, 0.29) is 29.8 Å². The summed E-state index contributed by atoms with van der Waals surface area (Å²) < 4.78 is 39.8. The largest absolute Gasteiger partial charge is 0.493 e. The highest BCUT2D eigenvalue weighted by atomic mass is 16.7. The second kappa shape index (κ2) is 11.9. The van der Waals surface area contributed by atoms with Crippen LogP contribution in [0.1, 0.15) is 30.3 Å². The summed E-state index contributed by atoms with van der Waals surface area (Å²) in [4.78, 5) is 11.4. The summed E-state index contributed by atoms with van der Waals surface area (Å²) >= 11 is 0. The van der Waals surface area contributed by atoms with E-state index in [1.165, 1.54) is 21.1 Å². The molecule has 0 saturated carbocycles. The Hall–Kier alpha value is -2.97. The minimum Gasteiger partial charge on any atom is -0.493 e. The van der Waals surface area contributed by atoms with Gasteiger partial charge in [0.2, 0.25) is 6.29 Å². The van der Waals surface area contributed by atoms with Crippen LogP contribution < -0.4 is 18.9 Å². The van der Waals surface area contributed by atoms with Crippen LogP contribution in [0.5, 0.6) is 23.0 Å². The molecule has 3 aliphatic rings. The minimum absolute atomic E-state index is 0.0612. The Bertz CT molecular complexity index is 1200. The number of rotatable bonds is 8. The molecule has 5 rings (SSSR count). The van der Waals surface area contributed by atoms with Gasteiger partial charge in [0.15, 0.2) is 23.0 Å². The van der Waals surface area contributed by atoms with Crippen LogP contribution >= 0.6 is 0 Å². The molecule has 0 spiro atoms. The lowest BCUT2D eigenvalue weighted by atomic mass is 9.85. The van der Waals surface area contributed by atoms with Crippen LogP contribution in [0.3, 0.4) is 0 Å². The second-order valence-corrected chi connectivity index (χ2v) is 10.1. The third kappa shape index (κ3) is 5.36. The number of benzene rings is 2. The van der Waals surface area contributed by atoms with Crippen molar-refractivity contribution in [3.05, 3.63) is 47.5 Å². The number of esters is 1. The van der Waals surface area contributed by atoms with Gasteiger partial charge < -0.3 is 53.6 Å². The summed E-state index contributed by atoms with van der Waals surface area (Å²) in [5, 5.41) is 39.9. The van der Waals surface area contributed by atoms with Gasteiger partial charge in [-0.05, 0) is 35.4 Å². The van der Waals surface area contributed by atoms with Crippen LogP contribution in [0.15, 0.2) is 36.4 Å². The van der Waals surface area contributed by atoms with Crippen LogP contribution in [-0.2, 0) is 19.0 Å². The van der Waals surface area contributed by atoms with Gasteiger partial charge in [-0.15, -0.1) is 0 Å². The first kappa shape index (κ1) is 28.6. The summed E-state index contributed by atoms with van der Waals surface area (Å²) in [5.41, 5.74) is 1.74. The average molecular weight is 563 g/mol. The second-order valence-electron chi connectivity index (χ2n) is 10.1. The number of aliphatic hydroxyl groups is 4. The van der Waals surface area contributed by atoms with Gasteiger partial charge in [-0.1, -0.05) is 12.1 Å². The molecule has 0 aliphatic carbocycles. The Morgan fingerprint density at radius 1 is 0.825 bits per heavy atom. The summed E-state index contributed by atoms with van der Waals surface area (Å²) in [6.45, 7) is 1.71. The molecule has 3 saturated heterocycles. The Morgan fingerprint density at radius 2 is 1.38 bits per heavy atom. The molecule has 3 heterocycles. The van der Waals surface area contributed by atoms with Crippen LogP contribution in [0.2, 0.25) is 0 Å². The lowest BCUT2D eigenvalue weighted by molar-refractivity contribution is -0.277. The number of carbonyl (C=O) groups is 1. The van der Waals surface area contributed by atoms with E-state index in [0.29, 0.717) is 30.5 Å². The smallest absolute Gasteiger partial charge is 0.308 e. The Morgan fingerprint density at radius 3 is 1.90 bits per heavy atom. The van der Waals surface area contributed by atoms with Crippen molar-refractivity contribution in [2.75, 3.05) is 34.0 Å². The van der Waals surface area contributed by atoms with E-state index in [1.807, 2.05) is 18.2 Å². The van der Waals surface area contributed by atoms with E-state index in [9.17, 15) is 25.2 Å². The van der Waals surface area contributed by atoms with Crippen molar-refractivity contribution in [1.29, 1.82) is 0 Å². The van der Waals surface area contributed by atoms with Gasteiger partial charge in [0, 0.05) is 18.8 Å². The number of methoxy groups -OCH3 is 2. The molecule has 218 valence electrons. The van der Waals surface area contributed by atoms with E-state index in [4.69, 9.17) is 33.2 Å². The summed E-state index contributed by atoms with van der Waals surface area (Å²) in [7, 11) is 2.98. The predicted octanol–water partition coefficient (Wildman–Crippen LogP) is 0.883. The maximum atomic E-state index is 11.4. The molecule has 12 nitrogen and oxygen atoms in total. The third-order valence-corrected chi connectivity index (χ3v) is 7.64. The van der Waals surface area contributed by atoms with Gasteiger partial charge in [0.05, 0.1) is 46.2 Å². The first-order chi connectivity index (χ1) is 19.2. The Labute approximate surface area is 230 Å². The highest BCUT2D eigenvalue weighted by Gasteiger charge is 2.49. The van der Waals surface area contributed by atoms with Gasteiger partial charge in [-0.3, -0.25) is 4.79 Å². The lowest BCUT2D eigenvalue weighted by Crippen LogP contribution is -2.60. The van der Waals surface area contributed by atoms with Crippen molar-refractivity contribution < 1.29 is 58.4 Å². The first-order valence-corrected chi connectivity index (χ1v) is 13.0. The van der Waals surface area contributed by atoms with E-state index in [2.05, 4.69) is 0 Å². The topological polar surface area (TPSA) is 163 Å². The van der Waals surface area contributed by atoms with Gasteiger partial charge in [-0.25, -0.2) is 0 Å². The van der Waals surface area contributed by atoms with Crippen molar-refractivity contribution in [3.63, 3.8) is 0 Å². The molecule has 4 N–H and O–H groups in total. The summed E-state index contributed by atoms with van der Waals surface area (Å²) in [6.07, 6.45) is -7.52. The molecule has 0 aromatic heterocycles. The SMILES string of the molecule is COc1cc([C@H]2OC[C@H]3[C@@H]2CO[C@@H]3c2ccc(O[C@@H]3O[C@H](CO)[C@@H](O)[C@H](O)[C@H]3O)c(OC)c2)ccc1OC(C)=O. The predicted molar refractivity (Wildman–Crippen MR) is 136 cm³/mol. The fourth-order valence-corrected chi connectivity index (χ4v) is 5.58. The Kier molecular flexibility index (Phi) is 8.47. The fourth-order valence-electron chi connectivity index (χ4n) is 5.58. The zero-order valence-electron chi connectivity index (χ0n) is 22.3. The zero-order valence-corrected chi connectivity index (χ0v) is 22.3. The summed E-state index contributed by atoms with van der Waals surface area (Å²) in [5.74, 6) is 1.07. The van der Waals surface area contributed by atoms with Crippen LogP contribution in [-0.4, -0.2) is 91.1 Å². The van der Waals surface area contributed by atoms with Crippen molar-refractivity contribution in [3.8, 4) is 23.0 Å². The molecule has 0 unspecified atom stereocenters. The molecule has 2 aromatic rings. The quantitative estimate of drug-likeness (QED) is 0.266. The number of carbonyl (C=O) groups excluding carboxylic acids is 1. The fraction of sp³-hybridized carbons (Fsp3) is 0.536. The molecule has 0 amide bonds. The van der Waals surface area contributed by atoms with Crippen molar-refractivity contribution in [2.24, 2.45) is 11.8 Å². The van der Waals surface area contributed by atoms with Gasteiger partial charge in [0.25, 0.3) is 0 Å². The monoisotopic (exact) mass is 562 g/mol. The van der Waals surface area contributed by atoms with Crippen LogP contribution in [0.4, 0.5) is 0 Å². The molecule has 12 heteroatoms.